The van der Waals surface area contributed by atoms with Gasteiger partial charge in [0.25, 0.3) is 0 Å². The zero-order chi connectivity index (χ0) is 33.7. The number of hydrogen-bond donors (Lipinski definition) is 0. The normalized spacial score (nSPS) is 20.4. The van der Waals surface area contributed by atoms with Gasteiger partial charge in [0, 0.05) is 51.8 Å². The molecule has 7 rings (SSSR count). The van der Waals surface area contributed by atoms with E-state index in [-0.39, 0.29) is 11.8 Å². The number of rotatable bonds is 9. The fraction of sp³-hybridized carbons (Fsp3) is 0.205. The molecule has 5 nitrogen and oxygen atoms in total. The van der Waals surface area contributed by atoms with Crippen LogP contribution in [0.15, 0.2) is 151 Å². The molecule has 3 aliphatic carbocycles. The third-order valence-electron chi connectivity index (χ3n) is 9.43. The molecule has 2 aromatic heterocycles. The summed E-state index contributed by atoms with van der Waals surface area (Å²) < 4.78 is 0. The number of aromatic nitrogens is 5. The van der Waals surface area contributed by atoms with E-state index in [1.165, 1.54) is 16.7 Å². The molecular formula is C44H41N5. The van der Waals surface area contributed by atoms with Gasteiger partial charge in [-0.3, -0.25) is 0 Å². The molecule has 0 radical (unpaired) electrons. The lowest BCUT2D eigenvalue weighted by Gasteiger charge is -2.31. The average Bonchev–Trinajstić information content (AvgIpc) is 3.14. The van der Waals surface area contributed by atoms with Gasteiger partial charge in [0.15, 0.2) is 17.5 Å². The van der Waals surface area contributed by atoms with Gasteiger partial charge in [-0.15, -0.1) is 6.58 Å². The fourth-order valence-electron chi connectivity index (χ4n) is 6.93. The van der Waals surface area contributed by atoms with E-state index in [2.05, 4.69) is 110 Å². The highest BCUT2D eigenvalue weighted by molar-refractivity contribution is 5.76. The summed E-state index contributed by atoms with van der Waals surface area (Å²) >= 11 is 0. The predicted octanol–water partition coefficient (Wildman–Crippen LogP) is 10.2. The first-order valence-corrected chi connectivity index (χ1v) is 17.1. The molecule has 0 N–H and O–H groups in total. The quantitative estimate of drug-likeness (QED) is 0.171. The molecule has 0 aliphatic heterocycles. The van der Waals surface area contributed by atoms with Crippen LogP contribution in [0.3, 0.4) is 0 Å². The molecule has 0 saturated heterocycles. The van der Waals surface area contributed by atoms with Crippen LogP contribution in [0.25, 0.3) is 28.3 Å². The lowest BCUT2D eigenvalue weighted by Crippen LogP contribution is -2.19. The van der Waals surface area contributed by atoms with Crippen molar-refractivity contribution in [3.05, 3.63) is 180 Å². The molecule has 0 amide bonds. The van der Waals surface area contributed by atoms with Crippen molar-refractivity contribution in [1.29, 1.82) is 0 Å². The first-order valence-electron chi connectivity index (χ1n) is 17.1. The largest absolute Gasteiger partial charge is 0.233 e. The lowest BCUT2D eigenvalue weighted by atomic mass is 9.73. The minimum atomic E-state index is -0.0324. The highest BCUT2D eigenvalue weighted by Gasteiger charge is 2.29. The molecule has 4 atom stereocenters. The Morgan fingerprint density at radius 3 is 2.24 bits per heavy atom. The van der Waals surface area contributed by atoms with Crippen LogP contribution in [0.5, 0.6) is 0 Å². The molecule has 5 heteroatoms. The second-order valence-corrected chi connectivity index (χ2v) is 12.9. The molecule has 4 unspecified atom stereocenters. The lowest BCUT2D eigenvalue weighted by molar-refractivity contribution is 0.618. The number of aryl methyl sites for hydroxylation is 2. The van der Waals surface area contributed by atoms with Gasteiger partial charge in [-0.25, -0.2) is 24.9 Å². The Morgan fingerprint density at radius 1 is 0.796 bits per heavy atom. The molecule has 0 saturated carbocycles. The van der Waals surface area contributed by atoms with Crippen molar-refractivity contribution in [3.63, 3.8) is 0 Å². The van der Waals surface area contributed by atoms with Gasteiger partial charge in [-0.1, -0.05) is 121 Å². The maximum atomic E-state index is 5.15. The second kappa shape index (κ2) is 14.3. The Balaban J connectivity index is 1.34. The summed E-state index contributed by atoms with van der Waals surface area (Å²) in [5, 5.41) is 0. The molecule has 0 fully saturated rings. The van der Waals surface area contributed by atoms with Crippen LogP contribution in [0.4, 0.5) is 0 Å². The predicted molar refractivity (Wildman–Crippen MR) is 200 cm³/mol. The molecule has 0 bridgehead atoms. The summed E-state index contributed by atoms with van der Waals surface area (Å²) in [6.45, 7) is 10.2. The standard InChI is InChI=1S/C44H41N5/c1-5-7-14-31(6-2)41-47-43(34-16-9-8-10-17-34)49-44(48-41)38-27-36(26-37(28-38)40-20-13-18-33-15-11-12-19-39(33)40)32-21-23-35(24-22-32)42-45-29(3)25-30(4)46-42/h5-13,15-25,27-28,31,33,36,39H,2,14,26H2,1,3-4H3/b7-5-. The van der Waals surface area contributed by atoms with E-state index in [1.807, 2.05) is 51.1 Å². The molecule has 49 heavy (non-hydrogen) atoms. The van der Waals surface area contributed by atoms with Gasteiger partial charge in [-0.2, -0.15) is 0 Å². The summed E-state index contributed by atoms with van der Waals surface area (Å²) in [4.78, 5) is 24.7. The third kappa shape index (κ3) is 7.02. The van der Waals surface area contributed by atoms with Crippen LogP contribution >= 0.6 is 0 Å². The average molecular weight is 640 g/mol. The van der Waals surface area contributed by atoms with Crippen molar-refractivity contribution in [2.24, 2.45) is 11.8 Å². The van der Waals surface area contributed by atoms with Crippen LogP contribution in [0.2, 0.25) is 0 Å². The molecule has 0 spiro atoms. The molecule has 3 aliphatic rings. The Hall–Kier alpha value is -5.55. The van der Waals surface area contributed by atoms with E-state index in [0.717, 1.165) is 52.6 Å². The number of fused-ring (bicyclic) bond motifs is 1. The molecule has 4 aromatic rings. The van der Waals surface area contributed by atoms with Gasteiger partial charge in [-0.05, 0) is 62.5 Å². The van der Waals surface area contributed by atoms with E-state index in [1.54, 1.807) is 0 Å². The van der Waals surface area contributed by atoms with Crippen molar-refractivity contribution in [3.8, 4) is 22.8 Å². The summed E-state index contributed by atoms with van der Waals surface area (Å²) in [5.41, 5.74) is 8.80. The van der Waals surface area contributed by atoms with Crippen LogP contribution in [0, 0.1) is 25.7 Å². The van der Waals surface area contributed by atoms with E-state index >= 15 is 0 Å². The summed E-state index contributed by atoms with van der Waals surface area (Å²) in [6, 6.07) is 20.9. The van der Waals surface area contributed by atoms with Crippen LogP contribution in [-0.2, 0) is 0 Å². The molecule has 2 aromatic carbocycles. The summed E-state index contributed by atoms with van der Waals surface area (Å²) in [7, 11) is 0. The van der Waals surface area contributed by atoms with Crippen molar-refractivity contribution < 1.29 is 0 Å². The summed E-state index contributed by atoms with van der Waals surface area (Å²) in [5.74, 6) is 3.58. The number of allylic oxidation sites excluding steroid dienone is 15. The summed E-state index contributed by atoms with van der Waals surface area (Å²) in [6.07, 6.45) is 28.2. The van der Waals surface area contributed by atoms with Crippen LogP contribution < -0.4 is 0 Å². The fourth-order valence-corrected chi connectivity index (χ4v) is 6.93. The van der Waals surface area contributed by atoms with Crippen molar-refractivity contribution in [2.75, 3.05) is 0 Å². The number of nitrogens with zero attached hydrogens (tertiary/aromatic N) is 5. The Bertz CT molecular complexity index is 2060. The van der Waals surface area contributed by atoms with Crippen molar-refractivity contribution in [1.82, 2.24) is 24.9 Å². The monoisotopic (exact) mass is 639 g/mol. The smallest absolute Gasteiger partial charge is 0.163 e. The molecule has 2 heterocycles. The Labute approximate surface area is 289 Å². The molecular weight excluding hydrogens is 599 g/mol. The topological polar surface area (TPSA) is 64.5 Å². The van der Waals surface area contributed by atoms with Crippen LogP contribution in [0.1, 0.15) is 60.2 Å². The van der Waals surface area contributed by atoms with Gasteiger partial charge >= 0.3 is 0 Å². The highest BCUT2D eigenvalue weighted by atomic mass is 15.0. The number of hydrogen-bond acceptors (Lipinski definition) is 5. The van der Waals surface area contributed by atoms with E-state index in [4.69, 9.17) is 24.9 Å². The van der Waals surface area contributed by atoms with E-state index < -0.39 is 0 Å². The zero-order valence-corrected chi connectivity index (χ0v) is 28.4. The second-order valence-electron chi connectivity index (χ2n) is 12.9. The first kappa shape index (κ1) is 32.0. The van der Waals surface area contributed by atoms with E-state index in [9.17, 15) is 0 Å². The molecule has 242 valence electrons. The van der Waals surface area contributed by atoms with E-state index in [0.29, 0.717) is 23.5 Å². The minimum Gasteiger partial charge on any atom is -0.233 e. The minimum absolute atomic E-state index is 0.0324. The first-order chi connectivity index (χ1) is 24.0. The van der Waals surface area contributed by atoms with Gasteiger partial charge < -0.3 is 0 Å². The van der Waals surface area contributed by atoms with Crippen molar-refractivity contribution in [2.45, 2.75) is 45.4 Å². The number of benzene rings is 2. The third-order valence-corrected chi connectivity index (χ3v) is 9.43. The van der Waals surface area contributed by atoms with Crippen molar-refractivity contribution >= 4 is 5.57 Å². The maximum Gasteiger partial charge on any atom is 0.163 e. The van der Waals surface area contributed by atoms with Gasteiger partial charge in [0.05, 0.1) is 0 Å². The maximum absolute atomic E-state index is 5.15. The SMILES string of the molecule is C=CC(C/C=C\C)c1nc(C2=CC(c3ccc(-c4nc(C)cc(C)n4)cc3)CC(C3=CC=CC4C=CC=CC34)=C2)nc(-c2ccccc2)n1. The van der Waals surface area contributed by atoms with Gasteiger partial charge in [0.1, 0.15) is 5.82 Å². The Morgan fingerprint density at radius 2 is 1.49 bits per heavy atom. The van der Waals surface area contributed by atoms with Crippen LogP contribution in [-0.4, -0.2) is 24.9 Å². The zero-order valence-electron chi connectivity index (χ0n) is 28.4. The van der Waals surface area contributed by atoms with Gasteiger partial charge in [0.2, 0.25) is 0 Å². The highest BCUT2D eigenvalue weighted by Crippen LogP contribution is 2.43. The Kier molecular flexibility index (Phi) is 9.34.